The summed E-state index contributed by atoms with van der Waals surface area (Å²) in [5, 5.41) is 0. The van der Waals surface area contributed by atoms with Crippen molar-refractivity contribution >= 4 is 19.2 Å². The summed E-state index contributed by atoms with van der Waals surface area (Å²) in [4.78, 5) is 0. The van der Waals surface area contributed by atoms with Crippen molar-refractivity contribution in [2.24, 2.45) is 0 Å². The standard InChI is InChI=1S/3C4H10N.C4H9.Sn/c3*1-3-5-4-2;1-4(2)3;/h3*3-4H2,1-2H3;1-3H3;/q3*-1;;+3. The summed E-state index contributed by atoms with van der Waals surface area (Å²) in [7, 11) is 0. The fraction of sp³-hybridized carbons (Fsp3) is 1.00. The van der Waals surface area contributed by atoms with Crippen LogP contribution in [0.2, 0.25) is 3.43 Å². The minimum absolute atomic E-state index is 0.374. The van der Waals surface area contributed by atoms with Gasteiger partial charge in [0.15, 0.2) is 0 Å². The molecule has 0 amide bonds. The average molecular weight is 392 g/mol. The van der Waals surface area contributed by atoms with Crippen molar-refractivity contribution in [3.63, 3.8) is 0 Å². The summed E-state index contributed by atoms with van der Waals surface area (Å²) in [6.45, 7) is 28.6. The van der Waals surface area contributed by atoms with Crippen LogP contribution >= 0.6 is 0 Å². The normalized spacial score (nSPS) is 13.8. The molecule has 0 aromatic heterocycles. The molecule has 0 aromatic rings. The molecule has 3 nitrogen and oxygen atoms in total. The van der Waals surface area contributed by atoms with Gasteiger partial charge in [-0.25, -0.2) is 0 Å². The molecule has 122 valence electrons. The molecule has 0 heterocycles. The molecule has 0 N–H and O–H groups in total. The van der Waals surface area contributed by atoms with Gasteiger partial charge in [-0.1, -0.05) is 0 Å². The van der Waals surface area contributed by atoms with Gasteiger partial charge in [-0.15, -0.1) is 0 Å². The molecule has 0 saturated carbocycles. The summed E-state index contributed by atoms with van der Waals surface area (Å²) in [6.07, 6.45) is 0. The van der Waals surface area contributed by atoms with Gasteiger partial charge in [-0.2, -0.15) is 0 Å². The molecule has 0 fully saturated rings. The van der Waals surface area contributed by atoms with E-state index in [4.69, 9.17) is 0 Å². The molecule has 0 aliphatic rings. The zero-order valence-electron chi connectivity index (χ0n) is 15.6. The van der Waals surface area contributed by atoms with Crippen LogP contribution in [0.1, 0.15) is 62.3 Å². The second-order valence-corrected chi connectivity index (χ2v) is 19.7. The second-order valence-electron chi connectivity index (χ2n) is 6.40. The minimum atomic E-state index is -2.85. The molecular formula is C16H39N3Sn. The Bertz CT molecular complexity index is 220. The molecule has 0 aliphatic heterocycles. The van der Waals surface area contributed by atoms with Crippen molar-refractivity contribution in [3.8, 4) is 0 Å². The van der Waals surface area contributed by atoms with E-state index in [0.717, 1.165) is 0 Å². The summed E-state index contributed by atoms with van der Waals surface area (Å²) < 4.78 is 8.94. The van der Waals surface area contributed by atoms with E-state index in [1.807, 2.05) is 0 Å². The van der Waals surface area contributed by atoms with Gasteiger partial charge in [-0.3, -0.25) is 0 Å². The first-order chi connectivity index (χ1) is 9.31. The van der Waals surface area contributed by atoms with E-state index in [9.17, 15) is 0 Å². The van der Waals surface area contributed by atoms with Crippen molar-refractivity contribution < 1.29 is 0 Å². The first kappa shape index (κ1) is 20.7. The molecule has 0 atom stereocenters. The summed E-state index contributed by atoms with van der Waals surface area (Å²) >= 11 is -2.85. The third-order valence-corrected chi connectivity index (χ3v) is 23.3. The molecule has 0 aromatic carbocycles. The van der Waals surface area contributed by atoms with Gasteiger partial charge in [0.1, 0.15) is 0 Å². The first-order valence-corrected chi connectivity index (χ1v) is 13.8. The van der Waals surface area contributed by atoms with Crippen LogP contribution in [0.25, 0.3) is 0 Å². The van der Waals surface area contributed by atoms with Crippen molar-refractivity contribution in [3.05, 3.63) is 0 Å². The van der Waals surface area contributed by atoms with E-state index in [1.165, 1.54) is 39.3 Å². The number of nitrogens with zero attached hydrogens (tertiary/aromatic N) is 3. The van der Waals surface area contributed by atoms with E-state index in [2.05, 4.69) is 71.7 Å². The number of rotatable bonds is 9. The van der Waals surface area contributed by atoms with Gasteiger partial charge in [0, 0.05) is 0 Å². The van der Waals surface area contributed by atoms with Crippen LogP contribution in [0.5, 0.6) is 0 Å². The van der Waals surface area contributed by atoms with Gasteiger partial charge in [0.2, 0.25) is 0 Å². The fourth-order valence-electron chi connectivity index (χ4n) is 4.02. The maximum absolute atomic E-state index is 2.86. The van der Waals surface area contributed by atoms with E-state index in [0.29, 0.717) is 3.43 Å². The Morgan fingerprint density at radius 3 is 0.850 bits per heavy atom. The van der Waals surface area contributed by atoms with Crippen molar-refractivity contribution in [2.45, 2.75) is 65.7 Å². The zero-order valence-corrected chi connectivity index (χ0v) is 18.4. The van der Waals surface area contributed by atoms with E-state index >= 15 is 0 Å². The van der Waals surface area contributed by atoms with Crippen molar-refractivity contribution in [2.75, 3.05) is 39.3 Å². The van der Waals surface area contributed by atoms with E-state index in [1.54, 1.807) is 0 Å². The Morgan fingerprint density at radius 2 is 0.750 bits per heavy atom. The Labute approximate surface area is 133 Å². The SMILES string of the molecule is CC[N](CC)[Sn]([N](CC)CC)([N](CC)CC)[C](C)(C)C. The fourth-order valence-corrected chi connectivity index (χ4v) is 23.1. The Hall–Kier alpha value is 0.679. The molecule has 0 saturated heterocycles. The monoisotopic (exact) mass is 393 g/mol. The molecule has 0 unspecified atom stereocenters. The Morgan fingerprint density at radius 1 is 0.550 bits per heavy atom. The van der Waals surface area contributed by atoms with Crippen LogP contribution in [0.15, 0.2) is 0 Å². The van der Waals surface area contributed by atoms with Crippen molar-refractivity contribution in [1.82, 2.24) is 9.36 Å². The van der Waals surface area contributed by atoms with Crippen molar-refractivity contribution in [1.29, 1.82) is 0 Å². The Balaban J connectivity index is 6.15. The molecule has 0 bridgehead atoms. The van der Waals surface area contributed by atoms with Gasteiger partial charge in [0.25, 0.3) is 0 Å². The summed E-state index contributed by atoms with van der Waals surface area (Å²) in [5.41, 5.74) is 0. The molecular weight excluding hydrogens is 353 g/mol. The molecule has 20 heavy (non-hydrogen) atoms. The molecule has 0 radical (unpaired) electrons. The van der Waals surface area contributed by atoms with Gasteiger partial charge in [0.05, 0.1) is 0 Å². The maximum atomic E-state index is 2.86. The zero-order chi connectivity index (χ0) is 16.0. The topological polar surface area (TPSA) is 9.72 Å². The van der Waals surface area contributed by atoms with Crippen LogP contribution in [-0.4, -0.2) is 67.8 Å². The second kappa shape index (κ2) is 8.96. The van der Waals surface area contributed by atoms with E-state index < -0.39 is 19.2 Å². The third-order valence-electron chi connectivity index (χ3n) is 4.62. The average Bonchev–Trinajstić information content (AvgIpc) is 2.40. The van der Waals surface area contributed by atoms with Crippen LogP contribution < -0.4 is 0 Å². The predicted octanol–water partition coefficient (Wildman–Crippen LogP) is 3.75. The molecule has 4 heteroatoms. The first-order valence-electron chi connectivity index (χ1n) is 8.56. The van der Waals surface area contributed by atoms with Gasteiger partial charge < -0.3 is 0 Å². The van der Waals surface area contributed by atoms with E-state index in [-0.39, 0.29) is 0 Å². The Kier molecular flexibility index (Phi) is 9.27. The quantitative estimate of drug-likeness (QED) is 0.554. The molecule has 0 rings (SSSR count). The molecule has 0 aliphatic carbocycles. The third kappa shape index (κ3) is 3.71. The van der Waals surface area contributed by atoms with Gasteiger partial charge >= 0.3 is 134 Å². The van der Waals surface area contributed by atoms with Crippen LogP contribution in [0.3, 0.4) is 0 Å². The predicted molar refractivity (Wildman–Crippen MR) is 94.2 cm³/mol. The van der Waals surface area contributed by atoms with Crippen LogP contribution in [0.4, 0.5) is 0 Å². The number of hydrogen-bond acceptors (Lipinski definition) is 3. The van der Waals surface area contributed by atoms with Gasteiger partial charge in [-0.05, 0) is 0 Å². The number of hydrogen-bond donors (Lipinski definition) is 0. The molecule has 0 spiro atoms. The summed E-state index contributed by atoms with van der Waals surface area (Å²) in [5.74, 6) is 0. The van der Waals surface area contributed by atoms with Crippen LogP contribution in [0, 0.1) is 0 Å². The summed E-state index contributed by atoms with van der Waals surface area (Å²) in [6, 6.07) is 0. The van der Waals surface area contributed by atoms with Crippen LogP contribution in [-0.2, 0) is 0 Å².